The topological polar surface area (TPSA) is 89.6 Å². The third-order valence-corrected chi connectivity index (χ3v) is 5.59. The van der Waals surface area contributed by atoms with Gasteiger partial charge in [0.05, 0.1) is 23.4 Å². The van der Waals surface area contributed by atoms with E-state index in [1.165, 1.54) is 7.11 Å². The first-order valence-corrected chi connectivity index (χ1v) is 9.83. The number of pyridine rings is 1. The van der Waals surface area contributed by atoms with Gasteiger partial charge in [-0.2, -0.15) is 0 Å². The fraction of sp³-hybridized carbons (Fsp3) is 0.316. The summed E-state index contributed by atoms with van der Waals surface area (Å²) in [7, 11) is 1.50. The number of hydrogen-bond donors (Lipinski definition) is 2. The summed E-state index contributed by atoms with van der Waals surface area (Å²) in [6.45, 7) is 0.339. The van der Waals surface area contributed by atoms with Crippen LogP contribution in [0.25, 0.3) is 11.3 Å². The predicted octanol–water partition coefficient (Wildman–Crippen LogP) is 3.68. The third kappa shape index (κ3) is 4.94. The number of amides is 2. The maximum absolute atomic E-state index is 11.9. The lowest BCUT2D eigenvalue weighted by Crippen LogP contribution is -2.38. The Morgan fingerprint density at radius 1 is 1.39 bits per heavy atom. The van der Waals surface area contributed by atoms with Crippen LogP contribution < -0.4 is 15.4 Å². The van der Waals surface area contributed by atoms with E-state index in [9.17, 15) is 9.59 Å². The Hall–Kier alpha value is -2.32. The van der Waals surface area contributed by atoms with Crippen molar-refractivity contribution in [3.63, 3.8) is 0 Å². The maximum atomic E-state index is 11.9. The van der Waals surface area contributed by atoms with E-state index in [2.05, 4.69) is 31.5 Å². The van der Waals surface area contributed by atoms with Gasteiger partial charge in [-0.3, -0.25) is 4.79 Å². The number of carbonyl (C=O) groups is 2. The minimum absolute atomic E-state index is 0.00150. The third-order valence-electron chi connectivity index (χ3n) is 4.30. The highest BCUT2D eigenvalue weighted by molar-refractivity contribution is 9.10. The van der Waals surface area contributed by atoms with Crippen LogP contribution in [0.4, 0.5) is 4.79 Å². The normalized spacial score (nSPS) is 15.8. The molecule has 1 unspecified atom stereocenters. The van der Waals surface area contributed by atoms with E-state index in [4.69, 9.17) is 21.1 Å². The van der Waals surface area contributed by atoms with Crippen LogP contribution in [0.15, 0.2) is 34.8 Å². The van der Waals surface area contributed by atoms with Crippen molar-refractivity contribution in [3.05, 3.63) is 45.4 Å². The molecule has 9 heteroatoms. The number of hydrogen-bond acceptors (Lipinski definition) is 5. The summed E-state index contributed by atoms with van der Waals surface area (Å²) in [5.74, 6) is 0.353. The van der Waals surface area contributed by atoms with Crippen molar-refractivity contribution in [1.82, 2.24) is 15.6 Å². The van der Waals surface area contributed by atoms with Crippen LogP contribution in [-0.2, 0) is 16.1 Å². The van der Waals surface area contributed by atoms with Crippen LogP contribution in [0.1, 0.15) is 18.4 Å². The quantitative estimate of drug-likeness (QED) is 0.675. The van der Waals surface area contributed by atoms with Gasteiger partial charge in [-0.15, -0.1) is 0 Å². The Balaban J connectivity index is 1.62. The molecule has 1 aliphatic rings. The number of halogens is 2. The SMILES string of the molecule is COc1nc(-c2cccc(Br)c2Cl)ccc1COC(=O)NCC1CCC(=O)N1. The number of carbonyl (C=O) groups excluding carboxylic acids is 2. The average molecular weight is 469 g/mol. The maximum Gasteiger partial charge on any atom is 0.407 e. The molecule has 0 spiro atoms. The smallest absolute Gasteiger partial charge is 0.407 e. The molecule has 2 aromatic rings. The Labute approximate surface area is 175 Å². The molecule has 2 amide bonds. The number of nitrogens with zero attached hydrogens (tertiary/aromatic N) is 1. The summed E-state index contributed by atoms with van der Waals surface area (Å²) >= 11 is 9.73. The highest BCUT2D eigenvalue weighted by Crippen LogP contribution is 2.34. The summed E-state index contributed by atoms with van der Waals surface area (Å²) < 4.78 is 11.3. The lowest BCUT2D eigenvalue weighted by Gasteiger charge is -2.13. The fourth-order valence-electron chi connectivity index (χ4n) is 2.84. The molecular weight excluding hydrogens is 450 g/mol. The van der Waals surface area contributed by atoms with Gasteiger partial charge in [-0.25, -0.2) is 9.78 Å². The van der Waals surface area contributed by atoms with Gasteiger partial charge in [0, 0.05) is 29.0 Å². The van der Waals surface area contributed by atoms with Gasteiger partial charge in [-0.05, 0) is 40.5 Å². The molecule has 148 valence electrons. The van der Waals surface area contributed by atoms with Crippen molar-refractivity contribution in [1.29, 1.82) is 0 Å². The zero-order valence-electron chi connectivity index (χ0n) is 15.1. The fourth-order valence-corrected chi connectivity index (χ4v) is 3.43. The second-order valence-electron chi connectivity index (χ2n) is 6.23. The Bertz CT molecular complexity index is 893. The van der Waals surface area contributed by atoms with Crippen LogP contribution in [-0.4, -0.2) is 36.7 Å². The number of rotatable bonds is 6. The molecule has 0 bridgehead atoms. The lowest BCUT2D eigenvalue weighted by atomic mass is 10.1. The second-order valence-corrected chi connectivity index (χ2v) is 7.46. The molecule has 7 nitrogen and oxygen atoms in total. The number of alkyl carbamates (subject to hydrolysis) is 1. The molecule has 1 aromatic carbocycles. The van der Waals surface area contributed by atoms with E-state index in [0.717, 1.165) is 10.0 Å². The van der Waals surface area contributed by atoms with Crippen molar-refractivity contribution in [2.75, 3.05) is 13.7 Å². The zero-order chi connectivity index (χ0) is 20.1. The number of nitrogens with one attached hydrogen (secondary N) is 2. The lowest BCUT2D eigenvalue weighted by molar-refractivity contribution is -0.119. The highest BCUT2D eigenvalue weighted by atomic mass is 79.9. The van der Waals surface area contributed by atoms with Gasteiger partial charge in [0.2, 0.25) is 11.8 Å². The number of aromatic nitrogens is 1. The number of methoxy groups -OCH3 is 1. The van der Waals surface area contributed by atoms with Gasteiger partial charge in [0.25, 0.3) is 0 Å². The molecule has 0 aliphatic carbocycles. The van der Waals surface area contributed by atoms with E-state index >= 15 is 0 Å². The van der Waals surface area contributed by atoms with Crippen LogP contribution >= 0.6 is 27.5 Å². The van der Waals surface area contributed by atoms with Crippen LogP contribution in [0.2, 0.25) is 5.02 Å². The second kappa shape index (κ2) is 9.25. The molecular formula is C19H19BrClN3O4. The molecule has 0 saturated carbocycles. The van der Waals surface area contributed by atoms with Crippen molar-refractivity contribution in [2.24, 2.45) is 0 Å². The van der Waals surface area contributed by atoms with E-state index in [0.29, 0.717) is 41.5 Å². The Morgan fingerprint density at radius 3 is 2.93 bits per heavy atom. The van der Waals surface area contributed by atoms with Gasteiger partial charge < -0.3 is 20.1 Å². The van der Waals surface area contributed by atoms with E-state index in [1.54, 1.807) is 12.1 Å². The average Bonchev–Trinajstić information content (AvgIpc) is 3.12. The van der Waals surface area contributed by atoms with Gasteiger partial charge in [0.1, 0.15) is 6.61 Å². The molecule has 3 rings (SSSR count). The predicted molar refractivity (Wildman–Crippen MR) is 108 cm³/mol. The number of ether oxygens (including phenoxy) is 2. The monoisotopic (exact) mass is 467 g/mol. The van der Waals surface area contributed by atoms with Crippen molar-refractivity contribution < 1.29 is 19.1 Å². The summed E-state index contributed by atoms with van der Waals surface area (Å²) in [6.07, 6.45) is 0.622. The van der Waals surface area contributed by atoms with Gasteiger partial charge in [0.15, 0.2) is 0 Å². The van der Waals surface area contributed by atoms with Crippen molar-refractivity contribution in [2.45, 2.75) is 25.5 Å². The molecule has 1 aromatic heterocycles. The molecule has 2 N–H and O–H groups in total. The van der Waals surface area contributed by atoms with E-state index in [1.807, 2.05) is 18.2 Å². The zero-order valence-corrected chi connectivity index (χ0v) is 17.5. The van der Waals surface area contributed by atoms with Crippen molar-refractivity contribution >= 4 is 39.5 Å². The first-order chi connectivity index (χ1) is 13.5. The summed E-state index contributed by atoms with van der Waals surface area (Å²) in [4.78, 5) is 27.5. The number of benzene rings is 1. The van der Waals surface area contributed by atoms with Gasteiger partial charge >= 0.3 is 6.09 Å². The summed E-state index contributed by atoms with van der Waals surface area (Å²) in [5, 5.41) is 5.98. The minimum atomic E-state index is -0.567. The Morgan fingerprint density at radius 2 is 2.21 bits per heavy atom. The van der Waals surface area contributed by atoms with E-state index in [-0.39, 0.29) is 18.6 Å². The molecule has 2 heterocycles. The first kappa shape index (κ1) is 20.4. The summed E-state index contributed by atoms with van der Waals surface area (Å²) in [6, 6.07) is 9.10. The molecule has 1 atom stereocenters. The molecule has 1 saturated heterocycles. The molecule has 0 radical (unpaired) electrons. The van der Waals surface area contributed by atoms with Gasteiger partial charge in [-0.1, -0.05) is 23.7 Å². The van der Waals surface area contributed by atoms with Crippen LogP contribution in [0, 0.1) is 0 Å². The Kier molecular flexibility index (Phi) is 6.74. The molecule has 28 heavy (non-hydrogen) atoms. The minimum Gasteiger partial charge on any atom is -0.481 e. The van der Waals surface area contributed by atoms with Crippen LogP contribution in [0.3, 0.4) is 0 Å². The molecule has 1 fully saturated rings. The highest BCUT2D eigenvalue weighted by Gasteiger charge is 2.21. The molecule has 1 aliphatic heterocycles. The summed E-state index contributed by atoms with van der Waals surface area (Å²) in [5.41, 5.74) is 2.04. The van der Waals surface area contributed by atoms with E-state index < -0.39 is 6.09 Å². The largest absolute Gasteiger partial charge is 0.481 e. The van der Waals surface area contributed by atoms with Crippen LogP contribution in [0.5, 0.6) is 5.88 Å². The first-order valence-electron chi connectivity index (χ1n) is 8.66. The van der Waals surface area contributed by atoms with Crippen molar-refractivity contribution in [3.8, 4) is 17.1 Å². The standard InChI is InChI=1S/C19H19BrClN3O4/c1-27-18-11(10-28-19(26)22-9-12-6-8-16(25)23-12)5-7-15(24-18)13-3-2-4-14(20)17(13)21/h2-5,7,12H,6,8-10H2,1H3,(H,22,26)(H,23,25).